The molecule has 1 aromatic heterocycles. The molecule has 2 heterocycles. The summed E-state index contributed by atoms with van der Waals surface area (Å²) in [6.07, 6.45) is -4.55. The molecule has 0 N–H and O–H groups in total. The molecule has 10 rings (SSSR count). The van der Waals surface area contributed by atoms with E-state index in [2.05, 4.69) is 10.0 Å². The summed E-state index contributed by atoms with van der Waals surface area (Å²) in [4.78, 5) is 18.0. The van der Waals surface area contributed by atoms with E-state index in [0.717, 1.165) is 33.4 Å². The molecule has 0 bridgehead atoms. The van der Waals surface area contributed by atoms with E-state index in [1.807, 2.05) is 164 Å². The van der Waals surface area contributed by atoms with E-state index in [0.29, 0.717) is 34.2 Å². The molecule has 1 fully saturated rings. The smallest absolute Gasteiger partial charge is 0.197 e. The topological polar surface area (TPSA) is 144 Å². The Balaban J connectivity index is 1.18. The average Bonchev–Trinajstić information content (AvgIpc) is 3.57. The predicted octanol–water partition coefficient (Wildman–Crippen LogP) is 14.6. The maximum Gasteiger partial charge on any atom is 0.197 e. The van der Waals surface area contributed by atoms with Crippen LogP contribution in [0.25, 0.3) is 32.7 Å². The Morgan fingerprint density at radius 2 is 0.987 bits per heavy atom. The first-order chi connectivity index (χ1) is 37.5. The molecule has 5 atom stereocenters. The van der Waals surface area contributed by atoms with Crippen molar-refractivity contribution in [1.82, 2.24) is 0 Å². The molecule has 0 radical (unpaired) electrons. The largest absolute Gasteiger partial charge is 0.488 e. The fraction of sp³-hybridized carbons (Fsp3) is 0.190. The van der Waals surface area contributed by atoms with Gasteiger partial charge in [0.1, 0.15) is 66.4 Å². The first-order valence-corrected chi connectivity index (χ1v) is 25.4. The van der Waals surface area contributed by atoms with Gasteiger partial charge in [0.2, 0.25) is 0 Å². The molecule has 382 valence electrons. The van der Waals surface area contributed by atoms with Gasteiger partial charge in [-0.1, -0.05) is 193 Å². The minimum absolute atomic E-state index is 0.0588. The predicted molar refractivity (Wildman–Crippen MR) is 292 cm³/mol. The standard InChI is InChI=1S/C63H54ClN3O9/c64-50-30-28-49(29-31-50)53-34-52(68)57-54(70-37-44-18-8-2-9-19-44)35-55(71-38-45-20-10-3-11-21-45)58(60(57)75-53)61-63(74-41-48-26-32-51(33-27-48)66-67-65)62(73-40-47-24-14-5-15-25-47)59(72-39-46-22-12-4-13-23-46)56(76-61)42-69-36-43-16-6-1-7-17-43/h1-35,56,59,61-63H,36-42H2/t56-,59-,61+,62+,63+/m1/s1. The highest BCUT2D eigenvalue weighted by molar-refractivity contribution is 6.30. The van der Waals surface area contributed by atoms with Gasteiger partial charge in [-0.3, -0.25) is 4.79 Å². The van der Waals surface area contributed by atoms with Gasteiger partial charge in [-0.2, -0.15) is 0 Å². The lowest BCUT2D eigenvalue weighted by Gasteiger charge is -2.46. The Morgan fingerprint density at radius 1 is 0.513 bits per heavy atom. The molecule has 0 aliphatic carbocycles. The van der Waals surface area contributed by atoms with Crippen molar-refractivity contribution in [3.8, 4) is 22.8 Å². The van der Waals surface area contributed by atoms with E-state index in [4.69, 9.17) is 49.2 Å². The van der Waals surface area contributed by atoms with Crippen LogP contribution in [0.3, 0.4) is 0 Å². The lowest BCUT2D eigenvalue weighted by Crippen LogP contribution is -2.58. The number of ether oxygens (including phenoxy) is 7. The highest BCUT2D eigenvalue weighted by Crippen LogP contribution is 2.47. The number of azide groups is 1. The monoisotopic (exact) mass is 1030 g/mol. The minimum atomic E-state index is -1.09. The third kappa shape index (κ3) is 13.1. The zero-order valence-electron chi connectivity index (χ0n) is 41.4. The summed E-state index contributed by atoms with van der Waals surface area (Å²) in [5.74, 6) is 0.850. The summed E-state index contributed by atoms with van der Waals surface area (Å²) >= 11 is 6.40. The number of nitrogens with zero attached hydrogens (tertiary/aromatic N) is 3. The number of hydrogen-bond acceptors (Lipinski definition) is 10. The van der Waals surface area contributed by atoms with Crippen LogP contribution in [0.2, 0.25) is 5.02 Å². The molecule has 8 aromatic carbocycles. The third-order valence-corrected chi connectivity index (χ3v) is 13.2. The fourth-order valence-corrected chi connectivity index (χ4v) is 9.31. The SMILES string of the molecule is [N-]=[N+]=Nc1ccc(CO[C@@H]2[C@@H](OCc3ccccc3)[C@H](OCc3ccccc3)[C@@H](COCc3ccccc3)O[C@H]2c2c(OCc3ccccc3)cc(OCc3ccccc3)c3c(=O)cc(-c4ccc(Cl)cc4)oc23)cc1. The van der Waals surface area contributed by atoms with Gasteiger partial charge in [0.05, 0.1) is 38.6 Å². The molecule has 0 saturated carbocycles. The summed E-state index contributed by atoms with van der Waals surface area (Å²) in [7, 11) is 0. The molecule has 1 saturated heterocycles. The van der Waals surface area contributed by atoms with Crippen molar-refractivity contribution in [3.63, 3.8) is 0 Å². The zero-order chi connectivity index (χ0) is 51.9. The van der Waals surface area contributed by atoms with Crippen LogP contribution in [0.1, 0.15) is 45.0 Å². The summed E-state index contributed by atoms with van der Waals surface area (Å²) in [5, 5.41) is 4.48. The molecule has 13 heteroatoms. The number of halogens is 1. The minimum Gasteiger partial charge on any atom is -0.488 e. The molecule has 0 spiro atoms. The second kappa shape index (κ2) is 25.5. The molecule has 12 nitrogen and oxygen atoms in total. The van der Waals surface area contributed by atoms with Gasteiger partial charge < -0.3 is 37.6 Å². The van der Waals surface area contributed by atoms with Crippen LogP contribution in [0.4, 0.5) is 5.69 Å². The Bertz CT molecular complexity index is 3390. The van der Waals surface area contributed by atoms with Crippen LogP contribution < -0.4 is 14.9 Å². The fourth-order valence-electron chi connectivity index (χ4n) is 9.19. The van der Waals surface area contributed by atoms with Crippen molar-refractivity contribution in [2.75, 3.05) is 6.61 Å². The van der Waals surface area contributed by atoms with Crippen molar-refractivity contribution < 1.29 is 37.6 Å². The molecular weight excluding hydrogens is 978 g/mol. The van der Waals surface area contributed by atoms with Crippen molar-refractivity contribution >= 4 is 28.3 Å². The lowest BCUT2D eigenvalue weighted by molar-refractivity contribution is -0.275. The second-order valence-electron chi connectivity index (χ2n) is 18.3. The van der Waals surface area contributed by atoms with E-state index in [1.54, 1.807) is 42.5 Å². The molecule has 9 aromatic rings. The second-order valence-corrected chi connectivity index (χ2v) is 18.7. The Kier molecular flexibility index (Phi) is 17.2. The van der Waals surface area contributed by atoms with E-state index in [-0.39, 0.29) is 67.5 Å². The van der Waals surface area contributed by atoms with Crippen LogP contribution in [-0.4, -0.2) is 31.0 Å². The lowest BCUT2D eigenvalue weighted by atomic mass is 9.88. The quantitative estimate of drug-likeness (QED) is 0.0368. The first-order valence-electron chi connectivity index (χ1n) is 25.0. The van der Waals surface area contributed by atoms with Gasteiger partial charge >= 0.3 is 0 Å². The van der Waals surface area contributed by atoms with E-state index >= 15 is 4.79 Å². The van der Waals surface area contributed by atoms with Gasteiger partial charge in [0.25, 0.3) is 0 Å². The van der Waals surface area contributed by atoms with Crippen LogP contribution in [0.15, 0.2) is 227 Å². The van der Waals surface area contributed by atoms with Crippen molar-refractivity contribution in [2.45, 2.75) is 70.2 Å². The Morgan fingerprint density at radius 3 is 1.53 bits per heavy atom. The van der Waals surface area contributed by atoms with Crippen LogP contribution >= 0.6 is 11.6 Å². The maximum atomic E-state index is 15.0. The van der Waals surface area contributed by atoms with Crippen molar-refractivity contribution in [3.05, 3.63) is 277 Å². The Hall–Kier alpha value is -8.03. The van der Waals surface area contributed by atoms with E-state index < -0.39 is 30.5 Å². The Labute approximate surface area is 445 Å². The number of benzene rings is 8. The van der Waals surface area contributed by atoms with Gasteiger partial charge in [-0.15, -0.1) is 0 Å². The molecule has 76 heavy (non-hydrogen) atoms. The van der Waals surface area contributed by atoms with Crippen molar-refractivity contribution in [1.29, 1.82) is 0 Å². The van der Waals surface area contributed by atoms with Gasteiger partial charge in [-0.05, 0) is 63.2 Å². The highest BCUT2D eigenvalue weighted by Gasteiger charge is 2.51. The summed E-state index contributed by atoms with van der Waals surface area (Å²) in [6.45, 7) is 1.10. The van der Waals surface area contributed by atoms with E-state index in [1.165, 1.54) is 6.07 Å². The first kappa shape index (κ1) is 51.5. The van der Waals surface area contributed by atoms with Crippen LogP contribution in [-0.2, 0) is 63.3 Å². The summed E-state index contributed by atoms with van der Waals surface area (Å²) in [6, 6.07) is 66.7. The molecule has 0 unspecified atom stereocenters. The number of hydrogen-bond donors (Lipinski definition) is 0. The average molecular weight is 1030 g/mol. The summed E-state index contributed by atoms with van der Waals surface area (Å²) in [5.41, 5.74) is 15.8. The third-order valence-electron chi connectivity index (χ3n) is 13.0. The maximum absolute atomic E-state index is 15.0. The van der Waals surface area contributed by atoms with Crippen LogP contribution in [0, 0.1) is 0 Å². The van der Waals surface area contributed by atoms with Gasteiger partial charge in [0.15, 0.2) is 11.0 Å². The number of rotatable bonds is 22. The number of fused-ring (bicyclic) bond motifs is 1. The highest BCUT2D eigenvalue weighted by atomic mass is 35.5. The van der Waals surface area contributed by atoms with E-state index in [9.17, 15) is 5.53 Å². The van der Waals surface area contributed by atoms with Gasteiger partial charge in [0, 0.05) is 33.3 Å². The van der Waals surface area contributed by atoms with Crippen molar-refractivity contribution in [2.24, 2.45) is 5.11 Å². The normalized spacial score (nSPS) is 17.2. The van der Waals surface area contributed by atoms with Gasteiger partial charge in [-0.25, -0.2) is 0 Å². The molecular formula is C63H54ClN3O9. The molecule has 0 amide bonds. The van der Waals surface area contributed by atoms with Crippen LogP contribution in [0.5, 0.6) is 11.5 Å². The molecule has 1 aliphatic rings. The summed E-state index contributed by atoms with van der Waals surface area (Å²) < 4.78 is 56.2. The zero-order valence-corrected chi connectivity index (χ0v) is 42.2. The molecule has 1 aliphatic heterocycles.